The molecule has 5 nitrogen and oxygen atoms in total. The molecule has 1 aliphatic heterocycles. The van der Waals surface area contributed by atoms with Gasteiger partial charge in [-0.05, 0) is 29.8 Å². The van der Waals surface area contributed by atoms with Gasteiger partial charge in [0.15, 0.2) is 0 Å². The molecule has 3 aromatic rings. The van der Waals surface area contributed by atoms with Crippen LogP contribution in [0.1, 0.15) is 17.3 Å². The van der Waals surface area contributed by atoms with Gasteiger partial charge in [-0.15, -0.1) is 0 Å². The minimum atomic E-state index is 0.332. The first kappa shape index (κ1) is 15.1. The van der Waals surface area contributed by atoms with Crippen molar-refractivity contribution in [3.8, 4) is 11.5 Å². The summed E-state index contributed by atoms with van der Waals surface area (Å²) in [7, 11) is 0. The first-order valence-electron chi connectivity index (χ1n) is 8.25. The molecule has 0 aliphatic carbocycles. The third-order valence-electron chi connectivity index (χ3n) is 4.38. The fourth-order valence-electron chi connectivity index (χ4n) is 3.15. The lowest BCUT2D eigenvalue weighted by molar-refractivity contribution is 0.152. The average Bonchev–Trinajstić information content (AvgIpc) is 3.12. The molecule has 24 heavy (non-hydrogen) atoms. The summed E-state index contributed by atoms with van der Waals surface area (Å²) in [6, 6.07) is 14.5. The number of piperazine rings is 1. The van der Waals surface area contributed by atoms with E-state index >= 15 is 0 Å². The van der Waals surface area contributed by atoms with Gasteiger partial charge in [0.2, 0.25) is 5.89 Å². The van der Waals surface area contributed by atoms with E-state index in [1.54, 1.807) is 6.26 Å². The van der Waals surface area contributed by atoms with E-state index in [0.29, 0.717) is 11.9 Å². The number of nitrogens with zero attached hydrogens (tertiary/aromatic N) is 3. The number of hydrogen-bond donors (Lipinski definition) is 1. The van der Waals surface area contributed by atoms with E-state index in [2.05, 4.69) is 32.3 Å². The van der Waals surface area contributed by atoms with Gasteiger partial charge < -0.3 is 9.73 Å². The smallest absolute Gasteiger partial charge is 0.226 e. The molecule has 1 aromatic carbocycles. The van der Waals surface area contributed by atoms with Crippen LogP contribution in [0.5, 0.6) is 0 Å². The van der Waals surface area contributed by atoms with Crippen LogP contribution >= 0.6 is 0 Å². The van der Waals surface area contributed by atoms with Crippen molar-refractivity contribution in [1.29, 1.82) is 0 Å². The summed E-state index contributed by atoms with van der Waals surface area (Å²) < 4.78 is 5.67. The molecule has 2 aromatic heterocycles. The molecule has 1 saturated heterocycles. The topological polar surface area (TPSA) is 54.2 Å². The molecule has 1 aliphatic rings. The maximum Gasteiger partial charge on any atom is 0.226 e. The molecule has 0 amide bonds. The highest BCUT2D eigenvalue weighted by molar-refractivity contribution is 5.52. The number of benzene rings is 1. The van der Waals surface area contributed by atoms with Gasteiger partial charge in [-0.2, -0.15) is 0 Å². The van der Waals surface area contributed by atoms with Crippen molar-refractivity contribution < 1.29 is 4.42 Å². The third-order valence-corrected chi connectivity index (χ3v) is 4.38. The monoisotopic (exact) mass is 320 g/mol. The number of rotatable bonds is 4. The van der Waals surface area contributed by atoms with Crippen LogP contribution in [0.15, 0.2) is 65.5 Å². The molecule has 122 valence electrons. The van der Waals surface area contributed by atoms with E-state index in [1.165, 1.54) is 5.56 Å². The van der Waals surface area contributed by atoms with Crippen LogP contribution in [-0.2, 0) is 6.54 Å². The predicted octanol–water partition coefficient (Wildman–Crippen LogP) is 2.88. The quantitative estimate of drug-likeness (QED) is 0.801. The van der Waals surface area contributed by atoms with Gasteiger partial charge in [-0.1, -0.05) is 18.2 Å². The normalized spacial score (nSPS) is 18.6. The molecule has 0 radical (unpaired) electrons. The third kappa shape index (κ3) is 3.22. The van der Waals surface area contributed by atoms with Gasteiger partial charge in [0.25, 0.3) is 0 Å². The highest BCUT2D eigenvalue weighted by Gasteiger charge is 2.24. The Bertz CT molecular complexity index is 772. The van der Waals surface area contributed by atoms with Crippen molar-refractivity contribution in [3.63, 3.8) is 0 Å². The minimum absolute atomic E-state index is 0.332. The van der Waals surface area contributed by atoms with Crippen molar-refractivity contribution >= 4 is 0 Å². The highest BCUT2D eigenvalue weighted by atomic mass is 16.3. The summed E-state index contributed by atoms with van der Waals surface area (Å²) >= 11 is 0. The number of aromatic nitrogens is 2. The zero-order valence-electron chi connectivity index (χ0n) is 13.4. The Morgan fingerprint density at radius 1 is 1.12 bits per heavy atom. The molecule has 1 atom stereocenters. The lowest BCUT2D eigenvalue weighted by Gasteiger charge is -2.35. The zero-order chi connectivity index (χ0) is 16.2. The molecule has 3 heterocycles. The van der Waals surface area contributed by atoms with Gasteiger partial charge in [-0.3, -0.25) is 9.88 Å². The van der Waals surface area contributed by atoms with Crippen molar-refractivity contribution in [3.05, 3.63) is 72.4 Å². The highest BCUT2D eigenvalue weighted by Crippen LogP contribution is 2.25. The van der Waals surface area contributed by atoms with Crippen molar-refractivity contribution in [1.82, 2.24) is 20.2 Å². The predicted molar refractivity (Wildman–Crippen MR) is 92.2 cm³/mol. The van der Waals surface area contributed by atoms with E-state index in [9.17, 15) is 0 Å². The second-order valence-corrected chi connectivity index (χ2v) is 5.98. The number of oxazole rings is 1. The fourth-order valence-corrected chi connectivity index (χ4v) is 3.15. The summed E-state index contributed by atoms with van der Waals surface area (Å²) in [6.07, 6.45) is 5.48. The van der Waals surface area contributed by atoms with Crippen LogP contribution in [0.25, 0.3) is 11.5 Å². The van der Waals surface area contributed by atoms with Crippen LogP contribution in [0.3, 0.4) is 0 Å². The molecule has 0 saturated carbocycles. The largest absolute Gasteiger partial charge is 0.444 e. The Hall–Kier alpha value is -2.50. The second-order valence-electron chi connectivity index (χ2n) is 5.98. The Labute approximate surface area is 141 Å². The fraction of sp³-hybridized carbons (Fsp3) is 0.263. The van der Waals surface area contributed by atoms with Crippen molar-refractivity contribution in [2.75, 3.05) is 19.6 Å². The van der Waals surface area contributed by atoms with Gasteiger partial charge >= 0.3 is 0 Å². The molecule has 4 rings (SSSR count). The van der Waals surface area contributed by atoms with Crippen LogP contribution < -0.4 is 5.32 Å². The van der Waals surface area contributed by atoms with Gasteiger partial charge in [0.05, 0.1) is 5.69 Å². The Morgan fingerprint density at radius 2 is 1.96 bits per heavy atom. The van der Waals surface area contributed by atoms with E-state index in [-0.39, 0.29) is 0 Å². The first-order chi connectivity index (χ1) is 11.9. The molecular formula is C19H20N4O. The molecule has 1 fully saturated rings. The van der Waals surface area contributed by atoms with E-state index in [4.69, 9.17) is 4.42 Å². The molecule has 1 N–H and O–H groups in total. The summed E-state index contributed by atoms with van der Waals surface area (Å²) in [5.41, 5.74) is 3.26. The SMILES string of the molecule is c1ccc(-c2nc(CN3CCNCC3c3ccncc3)co2)cc1. The molecule has 1 unspecified atom stereocenters. The number of hydrogen-bond acceptors (Lipinski definition) is 5. The first-order valence-corrected chi connectivity index (χ1v) is 8.25. The summed E-state index contributed by atoms with van der Waals surface area (Å²) in [5, 5.41) is 3.47. The lowest BCUT2D eigenvalue weighted by Crippen LogP contribution is -2.45. The molecule has 0 bridgehead atoms. The van der Waals surface area contributed by atoms with Crippen LogP contribution in [0.4, 0.5) is 0 Å². The number of pyridine rings is 1. The average molecular weight is 320 g/mol. The Balaban J connectivity index is 1.52. The van der Waals surface area contributed by atoms with E-state index in [0.717, 1.165) is 37.4 Å². The van der Waals surface area contributed by atoms with Crippen molar-refractivity contribution in [2.24, 2.45) is 0 Å². The van der Waals surface area contributed by atoms with Gasteiger partial charge in [0.1, 0.15) is 6.26 Å². The van der Waals surface area contributed by atoms with E-state index < -0.39 is 0 Å². The maximum absolute atomic E-state index is 5.67. The van der Waals surface area contributed by atoms with Crippen LogP contribution in [0.2, 0.25) is 0 Å². The van der Waals surface area contributed by atoms with Crippen LogP contribution in [-0.4, -0.2) is 34.5 Å². The molecule has 0 spiro atoms. The zero-order valence-corrected chi connectivity index (χ0v) is 13.4. The summed E-state index contributed by atoms with van der Waals surface area (Å²) in [4.78, 5) is 11.2. The van der Waals surface area contributed by atoms with Gasteiger partial charge in [-0.25, -0.2) is 4.98 Å². The Morgan fingerprint density at radius 3 is 2.79 bits per heavy atom. The van der Waals surface area contributed by atoms with Crippen molar-refractivity contribution in [2.45, 2.75) is 12.6 Å². The number of nitrogens with one attached hydrogen (secondary N) is 1. The summed E-state index contributed by atoms with van der Waals surface area (Å²) in [6.45, 7) is 3.70. The lowest BCUT2D eigenvalue weighted by atomic mass is 10.0. The van der Waals surface area contributed by atoms with Gasteiger partial charge in [0, 0.05) is 50.2 Å². The maximum atomic E-state index is 5.67. The van der Waals surface area contributed by atoms with Crippen LogP contribution in [0, 0.1) is 0 Å². The van der Waals surface area contributed by atoms with E-state index in [1.807, 2.05) is 42.7 Å². The molecular weight excluding hydrogens is 300 g/mol. The standard InChI is InChI=1S/C19H20N4O/c1-2-4-16(5-3-1)19-22-17(14-24-19)13-23-11-10-21-12-18(23)15-6-8-20-9-7-15/h1-9,14,18,21H,10-13H2. The summed E-state index contributed by atoms with van der Waals surface area (Å²) in [5.74, 6) is 0.682. The second kappa shape index (κ2) is 6.95. The minimum Gasteiger partial charge on any atom is -0.444 e. The molecule has 5 heteroatoms. The Kier molecular flexibility index (Phi) is 4.36.